The molecule has 28 heavy (non-hydrogen) atoms. The molecule has 0 fully saturated rings. The first-order valence-electron chi connectivity index (χ1n) is 9.27. The topological polar surface area (TPSA) is 67.8 Å². The van der Waals surface area contributed by atoms with Crippen molar-refractivity contribution in [2.75, 3.05) is 13.2 Å². The van der Waals surface area contributed by atoms with Crippen LogP contribution in [0, 0.1) is 0 Å². The summed E-state index contributed by atoms with van der Waals surface area (Å²) >= 11 is 1.58. The molecule has 1 atom stereocenters. The first kappa shape index (κ1) is 18.8. The number of amides is 1. The number of hydrogen-bond acceptors (Lipinski definition) is 5. The number of benzene rings is 2. The Bertz CT molecular complexity index is 1010. The van der Waals surface area contributed by atoms with Gasteiger partial charge in [-0.05, 0) is 36.7 Å². The van der Waals surface area contributed by atoms with Crippen LogP contribution in [0.15, 0.2) is 47.8 Å². The molecule has 5 nitrogen and oxygen atoms in total. The lowest BCUT2D eigenvalue weighted by Crippen LogP contribution is -2.32. The summed E-state index contributed by atoms with van der Waals surface area (Å²) in [6.45, 7) is 4.06. The van der Waals surface area contributed by atoms with Crippen LogP contribution < -0.4 is 14.8 Å². The van der Waals surface area contributed by atoms with Gasteiger partial charge in [-0.1, -0.05) is 30.3 Å². The maximum absolute atomic E-state index is 12.2. The van der Waals surface area contributed by atoms with Gasteiger partial charge in [0, 0.05) is 28.8 Å². The molecule has 0 radical (unpaired) electrons. The molecular formula is C22H23NO4S. The fraction of sp³-hybridized carbons (Fsp3) is 0.318. The number of rotatable bonds is 6. The molecule has 1 amide bonds. The van der Waals surface area contributed by atoms with E-state index >= 15 is 0 Å². The van der Waals surface area contributed by atoms with Gasteiger partial charge in [-0.25, -0.2) is 0 Å². The third kappa shape index (κ3) is 3.84. The predicted molar refractivity (Wildman–Crippen MR) is 110 cm³/mol. The van der Waals surface area contributed by atoms with E-state index in [1.54, 1.807) is 17.4 Å². The van der Waals surface area contributed by atoms with E-state index in [0.717, 1.165) is 27.6 Å². The van der Waals surface area contributed by atoms with E-state index in [4.69, 9.17) is 9.47 Å². The quantitative estimate of drug-likeness (QED) is 0.663. The Morgan fingerprint density at radius 3 is 2.96 bits per heavy atom. The van der Waals surface area contributed by atoms with Gasteiger partial charge in [0.1, 0.15) is 5.60 Å². The van der Waals surface area contributed by atoms with Crippen molar-refractivity contribution < 1.29 is 19.4 Å². The molecule has 6 heteroatoms. The average molecular weight is 397 g/mol. The van der Waals surface area contributed by atoms with Crippen LogP contribution in [0.5, 0.6) is 11.5 Å². The summed E-state index contributed by atoms with van der Waals surface area (Å²) in [6, 6.07) is 13.6. The highest BCUT2D eigenvalue weighted by atomic mass is 32.1. The van der Waals surface area contributed by atoms with Gasteiger partial charge in [-0.15, -0.1) is 11.3 Å². The molecule has 1 aliphatic rings. The summed E-state index contributed by atoms with van der Waals surface area (Å²) in [7, 11) is 0. The van der Waals surface area contributed by atoms with Crippen LogP contribution in [-0.2, 0) is 11.2 Å². The van der Waals surface area contributed by atoms with E-state index in [0.29, 0.717) is 11.5 Å². The molecule has 3 aromatic rings. The largest absolute Gasteiger partial charge is 0.483 e. The van der Waals surface area contributed by atoms with Gasteiger partial charge in [-0.3, -0.25) is 4.79 Å². The van der Waals surface area contributed by atoms with Crippen LogP contribution in [0.4, 0.5) is 0 Å². The lowest BCUT2D eigenvalue weighted by molar-refractivity contribution is -0.123. The minimum atomic E-state index is -0.759. The van der Waals surface area contributed by atoms with Crippen LogP contribution in [0.2, 0.25) is 0 Å². The Morgan fingerprint density at radius 1 is 1.29 bits per heavy atom. The van der Waals surface area contributed by atoms with Crippen molar-refractivity contribution in [1.29, 1.82) is 0 Å². The zero-order valence-electron chi connectivity index (χ0n) is 15.9. The highest BCUT2D eigenvalue weighted by Crippen LogP contribution is 2.41. The molecule has 0 aliphatic carbocycles. The van der Waals surface area contributed by atoms with Crippen molar-refractivity contribution in [1.82, 2.24) is 5.32 Å². The minimum absolute atomic E-state index is 0.128. The van der Waals surface area contributed by atoms with Crippen molar-refractivity contribution >= 4 is 27.3 Å². The van der Waals surface area contributed by atoms with Crippen LogP contribution in [0.1, 0.15) is 31.1 Å². The van der Waals surface area contributed by atoms with Gasteiger partial charge in [0.15, 0.2) is 18.1 Å². The molecule has 1 aromatic heterocycles. The van der Waals surface area contributed by atoms with Crippen LogP contribution in [-0.4, -0.2) is 29.8 Å². The van der Waals surface area contributed by atoms with Crippen molar-refractivity contribution in [3.8, 4) is 11.5 Å². The van der Waals surface area contributed by atoms with Crippen LogP contribution >= 0.6 is 11.3 Å². The number of carbonyl (C=O) groups excluding carboxylic acids is 1. The highest BCUT2D eigenvalue weighted by Gasteiger charge is 2.32. The molecule has 4 rings (SSSR count). The predicted octanol–water partition coefficient (Wildman–Crippen LogP) is 3.84. The third-order valence-electron chi connectivity index (χ3n) is 4.78. The summed E-state index contributed by atoms with van der Waals surface area (Å²) in [5.41, 5.74) is 1.65. The summed E-state index contributed by atoms with van der Waals surface area (Å²) in [4.78, 5) is 12.2. The molecule has 2 heterocycles. The number of nitrogens with one attached hydrogen (secondary N) is 1. The molecule has 0 spiro atoms. The number of thiophene rings is 1. The molecule has 1 aliphatic heterocycles. The number of aliphatic hydroxyl groups is 1. The van der Waals surface area contributed by atoms with Gasteiger partial charge in [0.2, 0.25) is 0 Å². The fourth-order valence-electron chi connectivity index (χ4n) is 3.47. The van der Waals surface area contributed by atoms with E-state index in [1.807, 2.05) is 55.6 Å². The maximum Gasteiger partial charge on any atom is 0.258 e. The van der Waals surface area contributed by atoms with Gasteiger partial charge >= 0.3 is 0 Å². The van der Waals surface area contributed by atoms with Crippen molar-refractivity contribution in [2.24, 2.45) is 0 Å². The Balaban J connectivity index is 1.33. The van der Waals surface area contributed by atoms with E-state index in [2.05, 4.69) is 5.32 Å². The number of carbonyl (C=O) groups is 1. The first-order valence-corrected chi connectivity index (χ1v) is 10.2. The Hall–Kier alpha value is -2.57. The summed E-state index contributed by atoms with van der Waals surface area (Å²) in [5, 5.41) is 16.2. The standard InChI is InChI=1S/C22H23NO4S/c1-22(2)10-14-6-5-8-18(21(14)27-22)26-12-20(25)23-11-17(24)16-13-28-19-9-4-3-7-15(16)19/h3-9,13,17,24H,10-12H2,1-2H3,(H,23,25)/t17-/m0/s1. The minimum Gasteiger partial charge on any atom is -0.483 e. The molecule has 0 bridgehead atoms. The second-order valence-electron chi connectivity index (χ2n) is 7.58. The number of ether oxygens (including phenoxy) is 2. The van der Waals surface area contributed by atoms with Gasteiger partial charge in [-0.2, -0.15) is 0 Å². The van der Waals surface area contributed by atoms with E-state index < -0.39 is 6.10 Å². The third-order valence-corrected chi connectivity index (χ3v) is 5.76. The monoisotopic (exact) mass is 397 g/mol. The Morgan fingerprint density at radius 2 is 2.11 bits per heavy atom. The summed E-state index contributed by atoms with van der Waals surface area (Å²) < 4.78 is 12.7. The SMILES string of the molecule is CC1(C)Cc2cccc(OCC(=O)NC[C@H](O)c3csc4ccccc34)c2O1. The summed E-state index contributed by atoms with van der Waals surface area (Å²) in [5.74, 6) is 1.00. The lowest BCUT2D eigenvalue weighted by atomic mass is 10.0. The smallest absolute Gasteiger partial charge is 0.258 e. The van der Waals surface area contributed by atoms with E-state index in [-0.39, 0.29) is 24.7 Å². The molecule has 0 unspecified atom stereocenters. The van der Waals surface area contributed by atoms with Gasteiger partial charge < -0.3 is 19.9 Å². The number of para-hydroxylation sites is 1. The number of fused-ring (bicyclic) bond motifs is 2. The maximum atomic E-state index is 12.2. The van der Waals surface area contributed by atoms with Gasteiger partial charge in [0.25, 0.3) is 5.91 Å². The Labute approximate surface area is 167 Å². The number of aliphatic hydroxyl groups excluding tert-OH is 1. The molecule has 146 valence electrons. The molecule has 0 saturated carbocycles. The molecule has 0 saturated heterocycles. The van der Waals surface area contributed by atoms with E-state index in [1.165, 1.54) is 0 Å². The summed E-state index contributed by atoms with van der Waals surface area (Å²) in [6.07, 6.45) is 0.0530. The van der Waals surface area contributed by atoms with Crippen molar-refractivity contribution in [3.05, 3.63) is 59.0 Å². The average Bonchev–Trinajstić information content (AvgIpc) is 3.23. The zero-order chi connectivity index (χ0) is 19.7. The second kappa shape index (κ2) is 7.45. The van der Waals surface area contributed by atoms with Crippen LogP contribution in [0.3, 0.4) is 0 Å². The number of hydrogen-bond donors (Lipinski definition) is 2. The van der Waals surface area contributed by atoms with E-state index in [9.17, 15) is 9.90 Å². The zero-order valence-corrected chi connectivity index (χ0v) is 16.7. The molecule has 2 N–H and O–H groups in total. The van der Waals surface area contributed by atoms with Crippen molar-refractivity contribution in [3.63, 3.8) is 0 Å². The second-order valence-corrected chi connectivity index (χ2v) is 8.49. The first-order chi connectivity index (χ1) is 13.4. The lowest BCUT2D eigenvalue weighted by Gasteiger charge is -2.18. The Kier molecular flexibility index (Phi) is 5.00. The van der Waals surface area contributed by atoms with Crippen molar-refractivity contribution in [2.45, 2.75) is 32.0 Å². The highest BCUT2D eigenvalue weighted by molar-refractivity contribution is 7.17. The normalized spacial score (nSPS) is 15.7. The van der Waals surface area contributed by atoms with Crippen LogP contribution in [0.25, 0.3) is 10.1 Å². The van der Waals surface area contributed by atoms with Gasteiger partial charge in [0.05, 0.1) is 6.10 Å². The molecular weight excluding hydrogens is 374 g/mol. The molecule has 2 aromatic carbocycles. The fourth-order valence-corrected chi connectivity index (χ4v) is 4.48.